The molecule has 1 amide bonds. The Morgan fingerprint density at radius 3 is 3.20 bits per heavy atom. The third kappa shape index (κ3) is 1.91. The summed E-state index contributed by atoms with van der Waals surface area (Å²) < 4.78 is 0. The van der Waals surface area contributed by atoms with Crippen molar-refractivity contribution in [2.24, 2.45) is 5.92 Å². The molecule has 0 aromatic carbocycles. The van der Waals surface area contributed by atoms with E-state index in [0.717, 1.165) is 24.1 Å². The van der Waals surface area contributed by atoms with Gasteiger partial charge in [-0.2, -0.15) is 5.10 Å². The molecule has 0 saturated heterocycles. The van der Waals surface area contributed by atoms with Gasteiger partial charge in [0.2, 0.25) is 5.91 Å². The summed E-state index contributed by atoms with van der Waals surface area (Å²) in [6, 6.07) is 1.54. The van der Waals surface area contributed by atoms with Gasteiger partial charge >= 0.3 is 0 Å². The van der Waals surface area contributed by atoms with Crippen LogP contribution in [0.4, 0.5) is 0 Å². The average molecular weight is 207 g/mol. The third-order valence-corrected chi connectivity index (χ3v) is 2.79. The number of aromatic amines is 1. The average Bonchev–Trinajstić information content (AvgIpc) is 2.27. The Balaban J connectivity index is 2.25. The highest BCUT2D eigenvalue weighted by molar-refractivity contribution is 5.78. The molecule has 2 rings (SSSR count). The summed E-state index contributed by atoms with van der Waals surface area (Å²) in [6.45, 7) is 0. The zero-order valence-corrected chi connectivity index (χ0v) is 8.54. The Morgan fingerprint density at radius 1 is 1.67 bits per heavy atom. The first-order valence-electron chi connectivity index (χ1n) is 5.00. The molecule has 2 N–H and O–H groups in total. The molecule has 1 aromatic rings. The summed E-state index contributed by atoms with van der Waals surface area (Å²) in [7, 11) is 1.63. The molecule has 0 aliphatic heterocycles. The highest BCUT2D eigenvalue weighted by Gasteiger charge is 2.24. The highest BCUT2D eigenvalue weighted by Crippen LogP contribution is 2.22. The lowest BCUT2D eigenvalue weighted by Gasteiger charge is -2.21. The molecule has 1 aliphatic carbocycles. The zero-order valence-electron chi connectivity index (χ0n) is 8.54. The van der Waals surface area contributed by atoms with Crippen molar-refractivity contribution >= 4 is 5.91 Å². The minimum Gasteiger partial charge on any atom is -0.359 e. The van der Waals surface area contributed by atoms with Gasteiger partial charge in [0, 0.05) is 19.0 Å². The Bertz CT molecular complexity index is 439. The summed E-state index contributed by atoms with van der Waals surface area (Å²) in [6.07, 6.45) is 2.17. The first-order chi connectivity index (χ1) is 7.20. The van der Waals surface area contributed by atoms with Crippen LogP contribution in [0.1, 0.15) is 17.7 Å². The lowest BCUT2D eigenvalue weighted by atomic mass is 9.86. The molecule has 0 saturated carbocycles. The molecular weight excluding hydrogens is 194 g/mol. The quantitative estimate of drug-likeness (QED) is 0.659. The van der Waals surface area contributed by atoms with Crippen LogP contribution in [0.2, 0.25) is 0 Å². The maximum absolute atomic E-state index is 11.4. The second kappa shape index (κ2) is 3.84. The lowest BCUT2D eigenvalue weighted by molar-refractivity contribution is -0.124. The predicted octanol–water partition coefficient (Wildman–Crippen LogP) is -0.379. The maximum atomic E-state index is 11.4. The second-order valence-corrected chi connectivity index (χ2v) is 3.76. The first-order valence-corrected chi connectivity index (χ1v) is 5.00. The fourth-order valence-corrected chi connectivity index (χ4v) is 1.97. The van der Waals surface area contributed by atoms with Crippen molar-refractivity contribution in [1.29, 1.82) is 0 Å². The van der Waals surface area contributed by atoms with Gasteiger partial charge in [0.1, 0.15) is 0 Å². The molecular formula is C10H13N3O2. The number of nitrogens with one attached hydrogen (secondary N) is 2. The third-order valence-electron chi connectivity index (χ3n) is 2.79. The van der Waals surface area contributed by atoms with E-state index in [4.69, 9.17) is 0 Å². The van der Waals surface area contributed by atoms with Crippen LogP contribution in [0.5, 0.6) is 0 Å². The molecule has 15 heavy (non-hydrogen) atoms. The normalized spacial score (nSPS) is 19.4. The fraction of sp³-hybridized carbons (Fsp3) is 0.500. The predicted molar refractivity (Wildman–Crippen MR) is 54.4 cm³/mol. The van der Waals surface area contributed by atoms with Gasteiger partial charge in [0.25, 0.3) is 5.56 Å². The first kappa shape index (κ1) is 9.89. The van der Waals surface area contributed by atoms with E-state index in [2.05, 4.69) is 15.5 Å². The topological polar surface area (TPSA) is 74.8 Å². The van der Waals surface area contributed by atoms with Gasteiger partial charge < -0.3 is 5.32 Å². The molecule has 5 nitrogen and oxygen atoms in total. The van der Waals surface area contributed by atoms with E-state index < -0.39 is 0 Å². The Labute approximate surface area is 86.9 Å². The number of nitrogens with zero attached hydrogens (tertiary/aromatic N) is 1. The van der Waals surface area contributed by atoms with Crippen molar-refractivity contribution < 1.29 is 4.79 Å². The highest BCUT2D eigenvalue weighted by atomic mass is 16.1. The summed E-state index contributed by atoms with van der Waals surface area (Å²) in [5.74, 6) is 0.0204. The molecule has 0 spiro atoms. The maximum Gasteiger partial charge on any atom is 0.264 e. The van der Waals surface area contributed by atoms with Crippen LogP contribution in [0, 0.1) is 5.92 Å². The molecule has 5 heteroatoms. The molecule has 1 aromatic heterocycles. The van der Waals surface area contributed by atoms with Crippen LogP contribution < -0.4 is 10.9 Å². The number of carbonyl (C=O) groups excluding carboxylic acids is 1. The minimum absolute atomic E-state index is 0.0221. The van der Waals surface area contributed by atoms with Crippen molar-refractivity contribution in [3.8, 4) is 0 Å². The van der Waals surface area contributed by atoms with E-state index in [9.17, 15) is 9.59 Å². The molecule has 0 unspecified atom stereocenters. The van der Waals surface area contributed by atoms with Gasteiger partial charge in [0.15, 0.2) is 0 Å². The molecule has 1 atom stereocenters. The number of fused-ring (bicyclic) bond motifs is 1. The number of amides is 1. The van der Waals surface area contributed by atoms with Gasteiger partial charge in [-0.1, -0.05) is 0 Å². The van der Waals surface area contributed by atoms with E-state index in [-0.39, 0.29) is 17.4 Å². The van der Waals surface area contributed by atoms with E-state index in [1.165, 1.54) is 6.07 Å². The number of rotatable bonds is 1. The number of carbonyl (C=O) groups is 1. The number of aryl methyl sites for hydroxylation is 1. The van der Waals surface area contributed by atoms with Crippen molar-refractivity contribution in [1.82, 2.24) is 15.5 Å². The van der Waals surface area contributed by atoms with Gasteiger partial charge in [-0.25, -0.2) is 5.10 Å². The number of H-pyrrole nitrogens is 1. The number of hydrogen-bond donors (Lipinski definition) is 2. The Morgan fingerprint density at radius 2 is 2.47 bits per heavy atom. The SMILES string of the molecule is CNC(=O)[C@@H]1CCc2n[nH]c(=O)cc2C1. The largest absolute Gasteiger partial charge is 0.359 e. The summed E-state index contributed by atoms with van der Waals surface area (Å²) >= 11 is 0. The molecule has 0 radical (unpaired) electrons. The second-order valence-electron chi connectivity index (χ2n) is 3.76. The summed E-state index contributed by atoms with van der Waals surface area (Å²) in [5, 5.41) is 9.02. The zero-order chi connectivity index (χ0) is 10.8. The molecule has 1 aliphatic rings. The van der Waals surface area contributed by atoms with E-state index in [1.54, 1.807) is 7.05 Å². The van der Waals surface area contributed by atoms with Crippen molar-refractivity contribution in [3.63, 3.8) is 0 Å². The van der Waals surface area contributed by atoms with Crippen LogP contribution in [-0.4, -0.2) is 23.2 Å². The summed E-state index contributed by atoms with van der Waals surface area (Å²) in [5.41, 5.74) is 1.61. The monoisotopic (exact) mass is 207 g/mol. The van der Waals surface area contributed by atoms with Crippen molar-refractivity contribution in [3.05, 3.63) is 27.7 Å². The van der Waals surface area contributed by atoms with E-state index in [0.29, 0.717) is 6.42 Å². The Kier molecular flexibility index (Phi) is 2.53. The molecule has 0 bridgehead atoms. The Hall–Kier alpha value is -1.65. The van der Waals surface area contributed by atoms with Crippen LogP contribution in [-0.2, 0) is 17.6 Å². The minimum atomic E-state index is -0.202. The van der Waals surface area contributed by atoms with Gasteiger partial charge in [-0.05, 0) is 24.8 Å². The number of aromatic nitrogens is 2. The number of hydrogen-bond acceptors (Lipinski definition) is 3. The van der Waals surface area contributed by atoms with Crippen LogP contribution in [0.15, 0.2) is 10.9 Å². The van der Waals surface area contributed by atoms with Crippen LogP contribution >= 0.6 is 0 Å². The molecule has 1 heterocycles. The summed E-state index contributed by atoms with van der Waals surface area (Å²) in [4.78, 5) is 22.5. The molecule has 80 valence electrons. The van der Waals surface area contributed by atoms with Gasteiger partial charge in [-0.3, -0.25) is 9.59 Å². The van der Waals surface area contributed by atoms with E-state index in [1.807, 2.05) is 0 Å². The fourth-order valence-electron chi connectivity index (χ4n) is 1.97. The standard InChI is InChI=1S/C10H13N3O2/c1-11-10(15)6-2-3-8-7(4-6)5-9(14)13-12-8/h5-6H,2-4H2,1H3,(H,11,15)(H,13,14)/t6-/m1/s1. The van der Waals surface area contributed by atoms with E-state index >= 15 is 0 Å². The smallest absolute Gasteiger partial charge is 0.264 e. The van der Waals surface area contributed by atoms with Crippen LogP contribution in [0.3, 0.4) is 0 Å². The van der Waals surface area contributed by atoms with Gasteiger partial charge in [-0.15, -0.1) is 0 Å². The molecule has 0 fully saturated rings. The van der Waals surface area contributed by atoms with Crippen molar-refractivity contribution in [2.45, 2.75) is 19.3 Å². The van der Waals surface area contributed by atoms with Crippen molar-refractivity contribution in [2.75, 3.05) is 7.05 Å². The van der Waals surface area contributed by atoms with Crippen LogP contribution in [0.25, 0.3) is 0 Å². The van der Waals surface area contributed by atoms with Gasteiger partial charge in [0.05, 0.1) is 5.69 Å². The lowest BCUT2D eigenvalue weighted by Crippen LogP contribution is -2.32.